The van der Waals surface area contributed by atoms with E-state index in [-0.39, 0.29) is 11.3 Å². The van der Waals surface area contributed by atoms with Crippen molar-refractivity contribution in [2.75, 3.05) is 5.32 Å². The molecular weight excluding hydrogens is 329 g/mol. The van der Waals surface area contributed by atoms with E-state index in [0.29, 0.717) is 10.8 Å². The molecular formula is C17H14FN3O2S. The lowest BCUT2D eigenvalue weighted by Crippen LogP contribution is -2.12. The summed E-state index contributed by atoms with van der Waals surface area (Å²) in [6, 6.07) is 5.83. The quantitative estimate of drug-likeness (QED) is 0.707. The number of rotatable bonds is 3. The van der Waals surface area contributed by atoms with Gasteiger partial charge in [-0.2, -0.15) is 4.39 Å². The summed E-state index contributed by atoms with van der Waals surface area (Å²) in [4.78, 5) is 20.0. The van der Waals surface area contributed by atoms with E-state index in [1.54, 1.807) is 12.1 Å². The maximum absolute atomic E-state index is 13.1. The van der Waals surface area contributed by atoms with Gasteiger partial charge in [0, 0.05) is 28.8 Å². The van der Waals surface area contributed by atoms with Crippen LogP contribution in [0.1, 0.15) is 21.5 Å². The molecule has 0 aliphatic rings. The molecule has 1 aromatic carbocycles. The highest BCUT2D eigenvalue weighted by molar-refractivity contribution is 7.14. The Hall–Kier alpha value is -2.80. The highest BCUT2D eigenvalue weighted by atomic mass is 32.1. The van der Waals surface area contributed by atoms with Gasteiger partial charge in [-0.3, -0.25) is 10.1 Å². The molecule has 0 spiro atoms. The van der Waals surface area contributed by atoms with Gasteiger partial charge < -0.3 is 5.11 Å². The highest BCUT2D eigenvalue weighted by Crippen LogP contribution is 2.32. The third-order valence-electron chi connectivity index (χ3n) is 3.49. The van der Waals surface area contributed by atoms with Crippen LogP contribution in [0.4, 0.5) is 9.52 Å². The number of thiazole rings is 1. The van der Waals surface area contributed by atoms with Crippen molar-refractivity contribution in [3.8, 4) is 17.0 Å². The van der Waals surface area contributed by atoms with Crippen LogP contribution in [0.15, 0.2) is 35.8 Å². The number of anilines is 1. The molecule has 0 aliphatic carbocycles. The normalized spacial score (nSPS) is 10.6. The summed E-state index contributed by atoms with van der Waals surface area (Å²) in [5.74, 6) is -0.952. The van der Waals surface area contributed by atoms with E-state index >= 15 is 0 Å². The van der Waals surface area contributed by atoms with Crippen LogP contribution in [0.25, 0.3) is 11.3 Å². The summed E-state index contributed by atoms with van der Waals surface area (Å²) in [5.41, 5.74) is 3.60. The van der Waals surface area contributed by atoms with Gasteiger partial charge in [0.1, 0.15) is 5.75 Å². The smallest absolute Gasteiger partial charge is 0.257 e. The number of hydrogen-bond donors (Lipinski definition) is 2. The molecule has 2 heterocycles. The molecule has 7 heteroatoms. The Morgan fingerprint density at radius 3 is 2.62 bits per heavy atom. The molecule has 0 aliphatic heterocycles. The zero-order valence-corrected chi connectivity index (χ0v) is 13.8. The first-order valence-electron chi connectivity index (χ1n) is 7.13. The number of hydrogen-bond acceptors (Lipinski definition) is 5. The van der Waals surface area contributed by atoms with Crippen molar-refractivity contribution in [1.29, 1.82) is 0 Å². The Labute approximate surface area is 141 Å². The van der Waals surface area contributed by atoms with Crippen molar-refractivity contribution in [2.24, 2.45) is 0 Å². The maximum Gasteiger partial charge on any atom is 0.257 e. The minimum absolute atomic E-state index is 0.177. The fourth-order valence-corrected chi connectivity index (χ4v) is 3.20. The van der Waals surface area contributed by atoms with Crippen LogP contribution in [0.5, 0.6) is 5.75 Å². The number of phenolic OH excluding ortho intramolecular Hbond substituents is 1. The fraction of sp³-hybridized carbons (Fsp3) is 0.118. The molecule has 3 aromatic rings. The first-order chi connectivity index (χ1) is 11.4. The molecule has 5 nitrogen and oxygen atoms in total. The third kappa shape index (κ3) is 3.26. The van der Waals surface area contributed by atoms with Crippen molar-refractivity contribution >= 4 is 22.4 Å². The summed E-state index contributed by atoms with van der Waals surface area (Å²) in [5, 5.41) is 14.5. The summed E-state index contributed by atoms with van der Waals surface area (Å²) in [6.45, 7) is 3.78. The lowest BCUT2D eigenvalue weighted by molar-refractivity contribution is 0.102. The molecule has 0 radical (unpaired) electrons. The molecule has 0 bridgehead atoms. The van der Waals surface area contributed by atoms with E-state index in [0.717, 1.165) is 22.8 Å². The van der Waals surface area contributed by atoms with Gasteiger partial charge in [0.25, 0.3) is 5.91 Å². The zero-order chi connectivity index (χ0) is 17.3. The van der Waals surface area contributed by atoms with Crippen molar-refractivity contribution in [3.05, 3.63) is 58.5 Å². The number of benzene rings is 1. The zero-order valence-electron chi connectivity index (χ0n) is 13.0. The molecule has 0 unspecified atom stereocenters. The van der Waals surface area contributed by atoms with Crippen LogP contribution < -0.4 is 5.32 Å². The molecule has 122 valence electrons. The van der Waals surface area contributed by atoms with Crippen molar-refractivity contribution < 1.29 is 14.3 Å². The first-order valence-corrected chi connectivity index (χ1v) is 8.01. The molecule has 0 atom stereocenters. The number of halogens is 1. The number of aryl methyl sites for hydroxylation is 2. The average Bonchev–Trinajstić information content (AvgIpc) is 2.94. The fourth-order valence-electron chi connectivity index (χ4n) is 2.50. The molecule has 24 heavy (non-hydrogen) atoms. The first kappa shape index (κ1) is 16.1. The standard InChI is InChI=1S/C17H14FN3O2S/c1-9-5-12(22)6-10(2)15(9)13-8-24-17(20-13)21-16(23)11-3-4-19-14(18)7-11/h3-8,22H,1-2H3,(H,20,21,23). The van der Waals surface area contributed by atoms with Crippen LogP contribution in [0.3, 0.4) is 0 Å². The van der Waals surface area contributed by atoms with E-state index in [1.807, 2.05) is 19.2 Å². The summed E-state index contributed by atoms with van der Waals surface area (Å²) < 4.78 is 13.1. The lowest BCUT2D eigenvalue weighted by Gasteiger charge is -2.08. The van der Waals surface area contributed by atoms with E-state index in [4.69, 9.17) is 0 Å². The van der Waals surface area contributed by atoms with Gasteiger partial charge in [0.2, 0.25) is 5.95 Å². The van der Waals surface area contributed by atoms with E-state index < -0.39 is 11.9 Å². The van der Waals surface area contributed by atoms with Gasteiger partial charge in [-0.15, -0.1) is 11.3 Å². The van der Waals surface area contributed by atoms with E-state index in [1.165, 1.54) is 23.6 Å². The maximum atomic E-state index is 13.1. The van der Waals surface area contributed by atoms with Gasteiger partial charge in [0.15, 0.2) is 5.13 Å². The Morgan fingerprint density at radius 1 is 1.25 bits per heavy atom. The molecule has 1 amide bonds. The van der Waals surface area contributed by atoms with Gasteiger partial charge in [-0.25, -0.2) is 9.97 Å². The second-order valence-corrected chi connectivity index (χ2v) is 6.17. The Morgan fingerprint density at radius 2 is 1.96 bits per heavy atom. The number of nitrogens with zero attached hydrogens (tertiary/aromatic N) is 2. The van der Waals surface area contributed by atoms with Crippen LogP contribution in [0, 0.1) is 19.8 Å². The van der Waals surface area contributed by atoms with Crippen molar-refractivity contribution in [2.45, 2.75) is 13.8 Å². The summed E-state index contributed by atoms with van der Waals surface area (Å²) in [6.07, 6.45) is 1.24. The predicted molar refractivity (Wildman–Crippen MR) is 90.8 cm³/mol. The monoisotopic (exact) mass is 343 g/mol. The number of phenols is 1. The van der Waals surface area contributed by atoms with E-state index in [2.05, 4.69) is 15.3 Å². The number of aromatic hydroxyl groups is 1. The largest absolute Gasteiger partial charge is 0.508 e. The van der Waals surface area contributed by atoms with Crippen LogP contribution >= 0.6 is 11.3 Å². The number of carbonyl (C=O) groups is 1. The number of amides is 1. The highest BCUT2D eigenvalue weighted by Gasteiger charge is 2.14. The minimum Gasteiger partial charge on any atom is -0.508 e. The van der Waals surface area contributed by atoms with Crippen LogP contribution in [-0.2, 0) is 0 Å². The van der Waals surface area contributed by atoms with Gasteiger partial charge in [-0.05, 0) is 43.2 Å². The number of aromatic nitrogens is 2. The SMILES string of the molecule is Cc1cc(O)cc(C)c1-c1csc(NC(=O)c2ccnc(F)c2)n1. The van der Waals surface area contributed by atoms with Gasteiger partial charge in [0.05, 0.1) is 5.69 Å². The molecule has 0 fully saturated rings. The van der Waals surface area contributed by atoms with Gasteiger partial charge in [-0.1, -0.05) is 0 Å². The Balaban J connectivity index is 1.85. The average molecular weight is 343 g/mol. The predicted octanol–water partition coefficient (Wildman–Crippen LogP) is 3.92. The Kier molecular flexibility index (Phi) is 4.26. The molecule has 0 saturated carbocycles. The summed E-state index contributed by atoms with van der Waals surface area (Å²) in [7, 11) is 0. The van der Waals surface area contributed by atoms with Crippen molar-refractivity contribution in [1.82, 2.24) is 9.97 Å². The second-order valence-electron chi connectivity index (χ2n) is 5.31. The third-order valence-corrected chi connectivity index (χ3v) is 4.24. The summed E-state index contributed by atoms with van der Waals surface area (Å²) >= 11 is 1.28. The topological polar surface area (TPSA) is 75.1 Å². The van der Waals surface area contributed by atoms with Crippen LogP contribution in [-0.4, -0.2) is 21.0 Å². The van der Waals surface area contributed by atoms with Crippen molar-refractivity contribution in [3.63, 3.8) is 0 Å². The number of nitrogens with one attached hydrogen (secondary N) is 1. The molecule has 2 aromatic heterocycles. The number of carbonyl (C=O) groups excluding carboxylic acids is 1. The second kappa shape index (κ2) is 6.37. The minimum atomic E-state index is -0.710. The van der Waals surface area contributed by atoms with E-state index in [9.17, 15) is 14.3 Å². The number of pyridine rings is 1. The van der Waals surface area contributed by atoms with Gasteiger partial charge >= 0.3 is 0 Å². The molecule has 3 rings (SSSR count). The molecule has 2 N–H and O–H groups in total. The molecule has 0 saturated heterocycles. The lowest BCUT2D eigenvalue weighted by atomic mass is 10.0. The van der Waals surface area contributed by atoms with Crippen LogP contribution in [0.2, 0.25) is 0 Å². The Bertz CT molecular complexity index is 901.